The van der Waals surface area contributed by atoms with Crippen LogP contribution in [0.3, 0.4) is 0 Å². The van der Waals surface area contributed by atoms with Crippen molar-refractivity contribution in [2.75, 3.05) is 6.54 Å². The largest absolute Gasteiger partial charge is 0.481 e. The van der Waals surface area contributed by atoms with Crippen LogP contribution in [0.15, 0.2) is 18.3 Å². The molecule has 7 heteroatoms. The number of carboxylic acids is 1. The Morgan fingerprint density at radius 1 is 1.47 bits per heavy atom. The average Bonchev–Trinajstić information content (AvgIpc) is 2.72. The van der Waals surface area contributed by atoms with Gasteiger partial charge in [0.05, 0.1) is 6.54 Å². The molecule has 0 saturated carbocycles. The summed E-state index contributed by atoms with van der Waals surface area (Å²) >= 11 is 0. The highest BCUT2D eigenvalue weighted by Crippen LogP contribution is 2.07. The normalized spacial score (nSPS) is 12.4. The number of carbonyl (C=O) groups is 2. The zero-order valence-electron chi connectivity index (χ0n) is 10.5. The van der Waals surface area contributed by atoms with Crippen LogP contribution in [0.2, 0.25) is 0 Å². The first kappa shape index (κ1) is 15.1. The second kappa shape index (κ2) is 6.86. The third-order valence-corrected chi connectivity index (χ3v) is 2.53. The van der Waals surface area contributed by atoms with E-state index in [1.165, 1.54) is 22.9 Å². The molecule has 5 nitrogen and oxygen atoms in total. The van der Waals surface area contributed by atoms with Crippen molar-refractivity contribution in [3.8, 4) is 0 Å². The summed E-state index contributed by atoms with van der Waals surface area (Å²) < 4.78 is 25.7. The van der Waals surface area contributed by atoms with Crippen LogP contribution in [0.25, 0.3) is 0 Å². The van der Waals surface area contributed by atoms with Gasteiger partial charge in [0.25, 0.3) is 12.3 Å². The number of rotatable bonds is 7. The van der Waals surface area contributed by atoms with E-state index in [1.54, 1.807) is 6.92 Å². The SMILES string of the molecule is CC(CNC(=O)c1cccn1CC(F)F)CC(=O)O. The van der Waals surface area contributed by atoms with Gasteiger partial charge < -0.3 is 15.0 Å². The maximum atomic E-state index is 12.3. The first-order chi connectivity index (χ1) is 8.90. The van der Waals surface area contributed by atoms with E-state index in [0.717, 1.165) is 0 Å². The number of aliphatic carboxylic acids is 1. The van der Waals surface area contributed by atoms with Crippen LogP contribution in [-0.2, 0) is 11.3 Å². The van der Waals surface area contributed by atoms with Crippen molar-refractivity contribution in [2.45, 2.75) is 26.3 Å². The summed E-state index contributed by atoms with van der Waals surface area (Å²) in [5.41, 5.74) is 0.142. The molecule has 2 N–H and O–H groups in total. The number of halogens is 2. The Morgan fingerprint density at radius 3 is 2.74 bits per heavy atom. The van der Waals surface area contributed by atoms with Crippen molar-refractivity contribution in [1.29, 1.82) is 0 Å². The van der Waals surface area contributed by atoms with Crippen molar-refractivity contribution in [1.82, 2.24) is 9.88 Å². The molecule has 0 aliphatic heterocycles. The van der Waals surface area contributed by atoms with Gasteiger partial charge in [-0.2, -0.15) is 0 Å². The molecule has 0 aliphatic rings. The van der Waals surface area contributed by atoms with Gasteiger partial charge in [0, 0.05) is 19.2 Å². The zero-order chi connectivity index (χ0) is 14.4. The van der Waals surface area contributed by atoms with Crippen LogP contribution >= 0.6 is 0 Å². The Balaban J connectivity index is 2.54. The van der Waals surface area contributed by atoms with Gasteiger partial charge in [-0.1, -0.05) is 6.92 Å². The predicted molar refractivity (Wildman–Crippen MR) is 64.2 cm³/mol. The molecule has 0 radical (unpaired) electrons. The molecule has 1 amide bonds. The molecule has 0 fully saturated rings. The highest BCUT2D eigenvalue weighted by molar-refractivity contribution is 5.92. The van der Waals surface area contributed by atoms with E-state index in [1.807, 2.05) is 0 Å². The van der Waals surface area contributed by atoms with E-state index in [4.69, 9.17) is 5.11 Å². The fraction of sp³-hybridized carbons (Fsp3) is 0.500. The van der Waals surface area contributed by atoms with Crippen LogP contribution in [0, 0.1) is 5.92 Å². The number of alkyl halides is 2. The molecule has 1 aromatic rings. The van der Waals surface area contributed by atoms with E-state index in [9.17, 15) is 18.4 Å². The van der Waals surface area contributed by atoms with Gasteiger partial charge >= 0.3 is 5.97 Å². The Labute approximate surface area is 109 Å². The Bertz CT molecular complexity index is 446. The molecule has 0 saturated heterocycles. The number of carbonyl (C=O) groups excluding carboxylic acids is 1. The number of hydrogen-bond acceptors (Lipinski definition) is 2. The summed E-state index contributed by atoms with van der Waals surface area (Å²) in [4.78, 5) is 22.2. The molecule has 0 spiro atoms. The van der Waals surface area contributed by atoms with Gasteiger partial charge in [-0.15, -0.1) is 0 Å². The third kappa shape index (κ3) is 5.07. The van der Waals surface area contributed by atoms with Gasteiger partial charge in [0.2, 0.25) is 0 Å². The summed E-state index contributed by atoms with van der Waals surface area (Å²) in [7, 11) is 0. The van der Waals surface area contributed by atoms with Gasteiger partial charge in [0.1, 0.15) is 5.69 Å². The maximum Gasteiger partial charge on any atom is 0.303 e. The number of nitrogens with one attached hydrogen (secondary N) is 1. The second-order valence-corrected chi connectivity index (χ2v) is 4.35. The van der Waals surface area contributed by atoms with Gasteiger partial charge in [-0.3, -0.25) is 9.59 Å². The van der Waals surface area contributed by atoms with E-state index in [2.05, 4.69) is 5.32 Å². The quantitative estimate of drug-likeness (QED) is 0.793. The van der Waals surface area contributed by atoms with Crippen LogP contribution in [-0.4, -0.2) is 34.5 Å². The molecule has 0 bridgehead atoms. The van der Waals surface area contributed by atoms with Crippen LogP contribution in [0.4, 0.5) is 8.78 Å². The molecule has 1 heterocycles. The van der Waals surface area contributed by atoms with Crippen LogP contribution < -0.4 is 5.32 Å². The van der Waals surface area contributed by atoms with Gasteiger partial charge in [-0.05, 0) is 18.1 Å². The topological polar surface area (TPSA) is 71.3 Å². The van der Waals surface area contributed by atoms with E-state index < -0.39 is 24.8 Å². The smallest absolute Gasteiger partial charge is 0.303 e. The summed E-state index contributed by atoms with van der Waals surface area (Å²) in [6.07, 6.45) is -1.19. The van der Waals surface area contributed by atoms with Crippen molar-refractivity contribution in [2.24, 2.45) is 5.92 Å². The Kier molecular flexibility index (Phi) is 5.47. The Hall–Kier alpha value is -1.92. The molecule has 0 aliphatic carbocycles. The zero-order valence-corrected chi connectivity index (χ0v) is 10.5. The minimum atomic E-state index is -2.54. The standard InChI is InChI=1S/C12H16F2N2O3/c1-8(5-11(17)18)6-15-12(19)9-3-2-4-16(9)7-10(13)14/h2-4,8,10H,5-7H2,1H3,(H,15,19)(H,17,18). The Morgan fingerprint density at radius 2 is 2.16 bits per heavy atom. The second-order valence-electron chi connectivity index (χ2n) is 4.35. The number of carboxylic acid groups (broad SMARTS) is 1. The van der Waals surface area contributed by atoms with E-state index >= 15 is 0 Å². The summed E-state index contributed by atoms with van der Waals surface area (Å²) in [6, 6.07) is 2.96. The average molecular weight is 274 g/mol. The van der Waals surface area contributed by atoms with Crippen molar-refractivity contribution in [3.05, 3.63) is 24.0 Å². The highest BCUT2D eigenvalue weighted by Gasteiger charge is 2.15. The molecule has 0 aromatic carbocycles. The summed E-state index contributed by atoms with van der Waals surface area (Å²) in [5, 5.41) is 11.1. The van der Waals surface area contributed by atoms with Gasteiger partial charge in [0.15, 0.2) is 0 Å². The minimum absolute atomic E-state index is 0.0572. The highest BCUT2D eigenvalue weighted by atomic mass is 19.3. The molecule has 1 atom stereocenters. The number of aromatic nitrogens is 1. The monoisotopic (exact) mass is 274 g/mol. The first-order valence-corrected chi connectivity index (χ1v) is 5.83. The minimum Gasteiger partial charge on any atom is -0.481 e. The van der Waals surface area contributed by atoms with Crippen molar-refractivity contribution in [3.63, 3.8) is 0 Å². The molecule has 1 rings (SSSR count). The third-order valence-electron chi connectivity index (χ3n) is 2.53. The lowest BCUT2D eigenvalue weighted by atomic mass is 10.1. The molecule has 1 unspecified atom stereocenters. The fourth-order valence-electron chi connectivity index (χ4n) is 1.66. The first-order valence-electron chi connectivity index (χ1n) is 5.83. The fourth-order valence-corrected chi connectivity index (χ4v) is 1.66. The lowest BCUT2D eigenvalue weighted by molar-refractivity contribution is -0.137. The molecule has 1 aromatic heterocycles. The lowest BCUT2D eigenvalue weighted by Gasteiger charge is -2.12. The molecule has 106 valence electrons. The molecular weight excluding hydrogens is 258 g/mol. The molecular formula is C12H16F2N2O3. The predicted octanol–water partition coefficient (Wildman–Crippen LogP) is 1.59. The lowest BCUT2D eigenvalue weighted by Crippen LogP contribution is -2.31. The van der Waals surface area contributed by atoms with Crippen molar-refractivity contribution >= 4 is 11.9 Å². The molecule has 19 heavy (non-hydrogen) atoms. The number of hydrogen-bond donors (Lipinski definition) is 2. The van der Waals surface area contributed by atoms with Crippen LogP contribution in [0.1, 0.15) is 23.8 Å². The maximum absolute atomic E-state index is 12.3. The van der Waals surface area contributed by atoms with Crippen LogP contribution in [0.5, 0.6) is 0 Å². The number of nitrogens with zero attached hydrogens (tertiary/aromatic N) is 1. The van der Waals surface area contributed by atoms with Gasteiger partial charge in [-0.25, -0.2) is 8.78 Å². The summed E-state index contributed by atoms with van der Waals surface area (Å²) in [6.45, 7) is 1.33. The van der Waals surface area contributed by atoms with E-state index in [-0.39, 0.29) is 24.6 Å². The van der Waals surface area contributed by atoms with E-state index in [0.29, 0.717) is 0 Å². The number of amides is 1. The summed E-state index contributed by atoms with van der Waals surface area (Å²) in [5.74, 6) is -1.65. The van der Waals surface area contributed by atoms with Crippen molar-refractivity contribution < 1.29 is 23.5 Å².